The first kappa shape index (κ1) is 22.9. The molecule has 7 nitrogen and oxygen atoms in total. The zero-order valence-corrected chi connectivity index (χ0v) is 18.3. The topological polar surface area (TPSA) is 91.5 Å². The number of aromatic nitrogens is 2. The van der Waals surface area contributed by atoms with Crippen molar-refractivity contribution in [1.82, 2.24) is 9.97 Å². The van der Waals surface area contributed by atoms with E-state index in [-0.39, 0.29) is 18.3 Å². The van der Waals surface area contributed by atoms with Gasteiger partial charge in [0.1, 0.15) is 17.7 Å². The van der Waals surface area contributed by atoms with Crippen molar-refractivity contribution in [3.05, 3.63) is 47.3 Å². The van der Waals surface area contributed by atoms with Gasteiger partial charge in [0.2, 0.25) is 0 Å². The van der Waals surface area contributed by atoms with E-state index in [1.54, 1.807) is 26.2 Å². The highest BCUT2D eigenvalue weighted by Gasteiger charge is 2.31. The Balaban J connectivity index is 1.63. The van der Waals surface area contributed by atoms with Crippen LogP contribution in [-0.2, 0) is 17.5 Å². The summed E-state index contributed by atoms with van der Waals surface area (Å²) in [6.45, 7) is 3.14. The molecule has 1 aliphatic heterocycles. The fraction of sp³-hybridized carbons (Fsp3) is 0.391. The zero-order valence-electron chi connectivity index (χ0n) is 18.3. The van der Waals surface area contributed by atoms with E-state index in [2.05, 4.69) is 15.3 Å². The van der Waals surface area contributed by atoms with Crippen LogP contribution in [0.1, 0.15) is 29.8 Å². The van der Waals surface area contributed by atoms with Crippen molar-refractivity contribution in [2.45, 2.75) is 38.6 Å². The number of halogens is 3. The van der Waals surface area contributed by atoms with Gasteiger partial charge in [-0.05, 0) is 36.8 Å². The first-order chi connectivity index (χ1) is 15.7. The van der Waals surface area contributed by atoms with Crippen LogP contribution < -0.4 is 20.5 Å². The third-order valence-electron chi connectivity index (χ3n) is 5.36. The van der Waals surface area contributed by atoms with Gasteiger partial charge in [-0.1, -0.05) is 0 Å². The lowest BCUT2D eigenvalue weighted by molar-refractivity contribution is -0.137. The maximum absolute atomic E-state index is 13.1. The summed E-state index contributed by atoms with van der Waals surface area (Å²) in [4.78, 5) is 8.94. The van der Waals surface area contributed by atoms with Crippen molar-refractivity contribution in [3.63, 3.8) is 0 Å². The fourth-order valence-corrected chi connectivity index (χ4v) is 3.78. The second-order valence-corrected chi connectivity index (χ2v) is 7.88. The molecule has 3 N–H and O–H groups in total. The molecule has 2 heterocycles. The number of nitrogens with two attached hydrogens (primary N) is 1. The van der Waals surface area contributed by atoms with Crippen LogP contribution >= 0.6 is 0 Å². The standard InChI is InChI=1S/C23H25F3N4O3/c1-13-29-19-11-21(33-17-3-5-32-6-4-17)20(31-2)10-18(19)22(30-13)28-12-14-7-15(23(24,25)26)9-16(27)8-14/h7-11,17H,3-6,12,27H2,1-2H3,(H,28,29,30). The van der Waals surface area contributed by atoms with Crippen LogP contribution in [0.4, 0.5) is 24.7 Å². The molecule has 0 spiro atoms. The van der Waals surface area contributed by atoms with Crippen LogP contribution in [0.5, 0.6) is 11.5 Å². The molecule has 0 atom stereocenters. The maximum Gasteiger partial charge on any atom is 0.416 e. The minimum absolute atomic E-state index is 0.0250. The predicted molar refractivity (Wildman–Crippen MR) is 118 cm³/mol. The molecule has 0 unspecified atom stereocenters. The molecule has 0 saturated carbocycles. The molecule has 1 aromatic heterocycles. The van der Waals surface area contributed by atoms with E-state index in [4.69, 9.17) is 19.9 Å². The number of aryl methyl sites for hydroxylation is 1. The number of anilines is 2. The van der Waals surface area contributed by atoms with Gasteiger partial charge in [0.15, 0.2) is 11.5 Å². The quantitative estimate of drug-likeness (QED) is 0.512. The highest BCUT2D eigenvalue weighted by atomic mass is 19.4. The largest absolute Gasteiger partial charge is 0.493 e. The number of hydrogen-bond donors (Lipinski definition) is 2. The van der Waals surface area contributed by atoms with Gasteiger partial charge in [0.25, 0.3) is 0 Å². The Morgan fingerprint density at radius 1 is 1.09 bits per heavy atom. The molecule has 1 aliphatic rings. The molecule has 2 aromatic carbocycles. The number of nitrogen functional groups attached to an aromatic ring is 1. The number of rotatable bonds is 6. The summed E-state index contributed by atoms with van der Waals surface area (Å²) >= 11 is 0. The van der Waals surface area contributed by atoms with E-state index in [9.17, 15) is 13.2 Å². The van der Waals surface area contributed by atoms with E-state index in [1.165, 1.54) is 6.07 Å². The monoisotopic (exact) mass is 462 g/mol. The number of nitrogens with zero attached hydrogens (tertiary/aromatic N) is 2. The number of benzene rings is 2. The lowest BCUT2D eigenvalue weighted by Gasteiger charge is -2.24. The van der Waals surface area contributed by atoms with Gasteiger partial charge in [0, 0.05) is 36.5 Å². The lowest BCUT2D eigenvalue weighted by Crippen LogP contribution is -2.26. The Bertz CT molecular complexity index is 1150. The second kappa shape index (κ2) is 9.30. The van der Waals surface area contributed by atoms with Crippen LogP contribution in [0, 0.1) is 6.92 Å². The molecular weight excluding hydrogens is 437 g/mol. The van der Waals surface area contributed by atoms with Crippen LogP contribution in [0.25, 0.3) is 10.9 Å². The van der Waals surface area contributed by atoms with Crippen molar-refractivity contribution in [3.8, 4) is 11.5 Å². The third kappa shape index (κ3) is 5.39. The average Bonchev–Trinajstić information content (AvgIpc) is 2.76. The summed E-state index contributed by atoms with van der Waals surface area (Å²) in [5.74, 6) is 2.08. The van der Waals surface area contributed by atoms with Crippen LogP contribution in [0.3, 0.4) is 0 Å². The van der Waals surface area contributed by atoms with Crippen molar-refractivity contribution >= 4 is 22.4 Å². The molecular formula is C23H25F3N4O3. The summed E-state index contributed by atoms with van der Waals surface area (Å²) in [5, 5.41) is 3.78. The van der Waals surface area contributed by atoms with E-state index >= 15 is 0 Å². The van der Waals surface area contributed by atoms with Crippen molar-refractivity contribution < 1.29 is 27.4 Å². The van der Waals surface area contributed by atoms with E-state index < -0.39 is 11.7 Å². The molecule has 176 valence electrons. The van der Waals surface area contributed by atoms with Crippen molar-refractivity contribution in [1.29, 1.82) is 0 Å². The Morgan fingerprint density at radius 2 is 1.85 bits per heavy atom. The molecule has 1 fully saturated rings. The normalized spacial score (nSPS) is 14.9. The summed E-state index contributed by atoms with van der Waals surface area (Å²) in [5.41, 5.74) is 5.95. The zero-order chi connectivity index (χ0) is 23.6. The third-order valence-corrected chi connectivity index (χ3v) is 5.36. The molecule has 0 aliphatic carbocycles. The Labute approximate surface area is 189 Å². The van der Waals surface area contributed by atoms with Crippen molar-refractivity contribution in [2.24, 2.45) is 0 Å². The second-order valence-electron chi connectivity index (χ2n) is 7.88. The lowest BCUT2D eigenvalue weighted by atomic mass is 10.1. The molecule has 0 amide bonds. The van der Waals surface area contributed by atoms with Gasteiger partial charge in [-0.3, -0.25) is 0 Å². The van der Waals surface area contributed by atoms with Gasteiger partial charge in [-0.15, -0.1) is 0 Å². The highest BCUT2D eigenvalue weighted by Crippen LogP contribution is 2.36. The summed E-state index contributed by atoms with van der Waals surface area (Å²) < 4.78 is 56.5. The summed E-state index contributed by atoms with van der Waals surface area (Å²) in [6, 6.07) is 7.05. The minimum Gasteiger partial charge on any atom is -0.493 e. The van der Waals surface area contributed by atoms with Crippen LogP contribution in [0.15, 0.2) is 30.3 Å². The van der Waals surface area contributed by atoms with E-state index in [0.717, 1.165) is 25.0 Å². The van der Waals surface area contributed by atoms with Crippen molar-refractivity contribution in [2.75, 3.05) is 31.4 Å². The molecule has 1 saturated heterocycles. The van der Waals surface area contributed by atoms with Gasteiger partial charge >= 0.3 is 6.18 Å². The number of methoxy groups -OCH3 is 1. The van der Waals surface area contributed by atoms with Crippen LogP contribution in [0.2, 0.25) is 0 Å². The molecule has 4 rings (SSSR count). The Morgan fingerprint density at radius 3 is 2.55 bits per heavy atom. The molecule has 3 aromatic rings. The highest BCUT2D eigenvalue weighted by molar-refractivity contribution is 5.91. The average molecular weight is 462 g/mol. The molecule has 10 heteroatoms. The smallest absolute Gasteiger partial charge is 0.416 e. The van der Waals surface area contributed by atoms with Gasteiger partial charge in [-0.25, -0.2) is 9.97 Å². The first-order valence-electron chi connectivity index (χ1n) is 10.5. The minimum atomic E-state index is -4.48. The number of hydrogen-bond acceptors (Lipinski definition) is 7. The van der Waals surface area contributed by atoms with Gasteiger partial charge in [-0.2, -0.15) is 13.2 Å². The fourth-order valence-electron chi connectivity index (χ4n) is 3.78. The van der Waals surface area contributed by atoms with Gasteiger partial charge < -0.3 is 25.3 Å². The molecule has 0 radical (unpaired) electrons. The van der Waals surface area contributed by atoms with Crippen LogP contribution in [-0.4, -0.2) is 36.4 Å². The summed E-state index contributed by atoms with van der Waals surface area (Å²) in [7, 11) is 1.55. The predicted octanol–water partition coefficient (Wildman–Crippen LogP) is 4.72. The number of fused-ring (bicyclic) bond motifs is 1. The number of ether oxygens (including phenoxy) is 3. The SMILES string of the molecule is COc1cc2c(NCc3cc(N)cc(C(F)(F)F)c3)nc(C)nc2cc1OC1CCOCC1. The Hall–Kier alpha value is -3.27. The molecule has 0 bridgehead atoms. The number of nitrogens with one attached hydrogen (secondary N) is 1. The number of alkyl halides is 3. The Kier molecular flexibility index (Phi) is 6.46. The molecule has 33 heavy (non-hydrogen) atoms. The van der Waals surface area contributed by atoms with Gasteiger partial charge in [0.05, 0.1) is 31.4 Å². The van der Waals surface area contributed by atoms with E-state index in [0.29, 0.717) is 52.8 Å². The maximum atomic E-state index is 13.1. The van der Waals surface area contributed by atoms with E-state index in [1.807, 2.05) is 0 Å². The first-order valence-corrected chi connectivity index (χ1v) is 10.5. The summed E-state index contributed by atoms with van der Waals surface area (Å²) in [6.07, 6.45) is -2.87.